The van der Waals surface area contributed by atoms with Gasteiger partial charge in [0.05, 0.1) is 6.20 Å². The average Bonchev–Trinajstić information content (AvgIpc) is 2.90. The summed E-state index contributed by atoms with van der Waals surface area (Å²) < 4.78 is 0. The van der Waals surface area contributed by atoms with E-state index >= 15 is 0 Å². The lowest BCUT2D eigenvalue weighted by molar-refractivity contribution is 0.254. The zero-order valence-corrected chi connectivity index (χ0v) is 11.1. The van der Waals surface area contributed by atoms with Gasteiger partial charge in [0, 0.05) is 23.6 Å². The number of anilines is 1. The lowest BCUT2D eigenvalue weighted by Crippen LogP contribution is -2.27. The first-order chi connectivity index (χ1) is 9.72. The molecule has 0 unspecified atom stereocenters. The van der Waals surface area contributed by atoms with Crippen molar-refractivity contribution >= 4 is 35.6 Å². The molecule has 0 saturated carbocycles. The number of aromatic amines is 1. The monoisotopic (exact) mass is 269 g/mol. The van der Waals surface area contributed by atoms with Gasteiger partial charge in [0.15, 0.2) is 5.82 Å². The summed E-state index contributed by atoms with van der Waals surface area (Å²) in [7, 11) is 0. The van der Waals surface area contributed by atoms with Crippen LogP contribution in [-0.4, -0.2) is 23.9 Å². The SMILES string of the molecule is C=N/C(=C\N=C/C)NC(=O)Nc1ccc2cc[nH]c2c1. The van der Waals surface area contributed by atoms with Gasteiger partial charge in [0.25, 0.3) is 0 Å². The fourth-order valence-corrected chi connectivity index (χ4v) is 1.66. The first-order valence-corrected chi connectivity index (χ1v) is 6.03. The number of urea groups is 1. The molecule has 2 amide bonds. The van der Waals surface area contributed by atoms with Crippen molar-refractivity contribution in [3.05, 3.63) is 42.5 Å². The van der Waals surface area contributed by atoms with E-state index in [4.69, 9.17) is 0 Å². The van der Waals surface area contributed by atoms with Crippen LogP contribution in [-0.2, 0) is 0 Å². The lowest BCUT2D eigenvalue weighted by atomic mass is 10.2. The first kappa shape index (κ1) is 13.5. The number of H-pyrrole nitrogens is 1. The van der Waals surface area contributed by atoms with Crippen molar-refractivity contribution in [1.29, 1.82) is 0 Å². The minimum atomic E-state index is -0.402. The average molecular weight is 269 g/mol. The number of nitrogens with one attached hydrogen (secondary N) is 3. The van der Waals surface area contributed by atoms with Gasteiger partial charge < -0.3 is 10.3 Å². The Bertz CT molecular complexity index is 684. The Labute approximate surface area is 116 Å². The maximum Gasteiger partial charge on any atom is 0.324 e. The molecule has 20 heavy (non-hydrogen) atoms. The van der Waals surface area contributed by atoms with Gasteiger partial charge in [-0.15, -0.1) is 0 Å². The van der Waals surface area contributed by atoms with E-state index in [-0.39, 0.29) is 5.82 Å². The fourth-order valence-electron chi connectivity index (χ4n) is 1.66. The molecule has 102 valence electrons. The second-order valence-corrected chi connectivity index (χ2v) is 3.94. The van der Waals surface area contributed by atoms with E-state index < -0.39 is 6.03 Å². The van der Waals surface area contributed by atoms with Crippen molar-refractivity contribution in [2.24, 2.45) is 9.98 Å². The highest BCUT2D eigenvalue weighted by Gasteiger charge is 2.04. The standard InChI is InChI=1S/C14H15N5O/c1-3-16-9-13(15-2)19-14(20)18-11-5-4-10-6-7-17-12(10)8-11/h3-9,17H,2H2,1H3,(H2,18,19,20)/b13-9+,16-3-. The summed E-state index contributed by atoms with van der Waals surface area (Å²) >= 11 is 0. The van der Waals surface area contributed by atoms with Crippen LogP contribution in [0.5, 0.6) is 0 Å². The molecule has 3 N–H and O–H groups in total. The maximum absolute atomic E-state index is 11.8. The number of nitrogens with zero attached hydrogens (tertiary/aromatic N) is 2. The molecule has 0 aliphatic carbocycles. The summed E-state index contributed by atoms with van der Waals surface area (Å²) in [4.78, 5) is 22.4. The van der Waals surface area contributed by atoms with Gasteiger partial charge in [-0.2, -0.15) is 0 Å². The van der Waals surface area contributed by atoms with Crippen molar-refractivity contribution < 1.29 is 4.79 Å². The largest absolute Gasteiger partial charge is 0.361 e. The van der Waals surface area contributed by atoms with Crippen LogP contribution >= 0.6 is 0 Å². The molecule has 0 fully saturated rings. The van der Waals surface area contributed by atoms with Crippen molar-refractivity contribution in [2.45, 2.75) is 6.92 Å². The van der Waals surface area contributed by atoms with E-state index in [2.05, 4.69) is 32.3 Å². The Balaban J connectivity index is 2.05. The highest BCUT2D eigenvalue weighted by Crippen LogP contribution is 2.17. The second kappa shape index (κ2) is 6.33. The third-order valence-electron chi connectivity index (χ3n) is 2.57. The number of aliphatic imine (C=N–C) groups is 2. The van der Waals surface area contributed by atoms with Crippen molar-refractivity contribution in [1.82, 2.24) is 10.3 Å². The number of rotatable bonds is 4. The molecule has 0 atom stereocenters. The van der Waals surface area contributed by atoms with Crippen LogP contribution in [0.4, 0.5) is 10.5 Å². The molecule has 1 aromatic carbocycles. The molecule has 2 rings (SSSR count). The first-order valence-electron chi connectivity index (χ1n) is 6.03. The van der Waals surface area contributed by atoms with Gasteiger partial charge in [0.2, 0.25) is 0 Å². The molecule has 6 nitrogen and oxygen atoms in total. The number of carbonyl (C=O) groups is 1. The molecule has 6 heteroatoms. The molecule has 1 heterocycles. The Hall–Kier alpha value is -2.89. The van der Waals surface area contributed by atoms with E-state index in [1.807, 2.05) is 30.5 Å². The third-order valence-corrected chi connectivity index (χ3v) is 2.57. The van der Waals surface area contributed by atoms with Crippen molar-refractivity contribution in [3.8, 4) is 0 Å². The summed E-state index contributed by atoms with van der Waals surface area (Å²) in [6.45, 7) is 5.14. The fraction of sp³-hybridized carbons (Fsp3) is 0.0714. The molecular weight excluding hydrogens is 254 g/mol. The lowest BCUT2D eigenvalue weighted by Gasteiger charge is -2.07. The van der Waals surface area contributed by atoms with E-state index in [1.165, 1.54) is 6.20 Å². The second-order valence-electron chi connectivity index (χ2n) is 3.94. The predicted octanol–water partition coefficient (Wildman–Crippen LogP) is 2.88. The number of hydrogen-bond donors (Lipinski definition) is 3. The predicted molar refractivity (Wildman–Crippen MR) is 82.3 cm³/mol. The molecule has 0 radical (unpaired) electrons. The molecule has 0 bridgehead atoms. The summed E-state index contributed by atoms with van der Waals surface area (Å²) in [6.07, 6.45) is 4.85. The topological polar surface area (TPSA) is 81.6 Å². The van der Waals surface area contributed by atoms with E-state index in [1.54, 1.807) is 13.1 Å². The number of aromatic nitrogens is 1. The Morgan fingerprint density at radius 1 is 1.40 bits per heavy atom. The van der Waals surface area contributed by atoms with Crippen LogP contribution < -0.4 is 10.6 Å². The highest BCUT2D eigenvalue weighted by atomic mass is 16.2. The Morgan fingerprint density at radius 3 is 3.00 bits per heavy atom. The smallest absolute Gasteiger partial charge is 0.324 e. The number of carbonyl (C=O) groups excluding carboxylic acids is 1. The molecule has 1 aromatic heterocycles. The quantitative estimate of drug-likeness (QED) is 0.733. The minimum absolute atomic E-state index is 0.279. The number of fused-ring (bicyclic) bond motifs is 1. The maximum atomic E-state index is 11.8. The normalized spacial score (nSPS) is 11.8. The molecule has 0 spiro atoms. The summed E-state index contributed by atoms with van der Waals surface area (Å²) in [5, 5.41) is 6.35. The van der Waals surface area contributed by atoms with Crippen LogP contribution in [0.1, 0.15) is 6.92 Å². The number of benzene rings is 1. The van der Waals surface area contributed by atoms with Crippen molar-refractivity contribution in [2.75, 3.05) is 5.32 Å². The van der Waals surface area contributed by atoms with Gasteiger partial charge in [-0.05, 0) is 37.2 Å². The van der Waals surface area contributed by atoms with Gasteiger partial charge in [-0.25, -0.2) is 9.79 Å². The molecule has 0 saturated heterocycles. The Kier molecular flexibility index (Phi) is 4.28. The van der Waals surface area contributed by atoms with Crippen LogP contribution in [0.25, 0.3) is 10.9 Å². The van der Waals surface area contributed by atoms with Gasteiger partial charge in [-0.1, -0.05) is 6.07 Å². The van der Waals surface area contributed by atoms with Gasteiger partial charge >= 0.3 is 6.03 Å². The van der Waals surface area contributed by atoms with E-state index in [0.29, 0.717) is 5.69 Å². The summed E-state index contributed by atoms with van der Waals surface area (Å²) in [5.74, 6) is 0.279. The minimum Gasteiger partial charge on any atom is -0.361 e. The highest BCUT2D eigenvalue weighted by molar-refractivity contribution is 5.93. The van der Waals surface area contributed by atoms with Gasteiger partial charge in [-0.3, -0.25) is 10.3 Å². The molecule has 0 aliphatic rings. The Morgan fingerprint density at radius 2 is 2.25 bits per heavy atom. The number of amides is 2. The van der Waals surface area contributed by atoms with Crippen LogP contribution in [0.15, 0.2) is 52.5 Å². The number of hydrogen-bond acceptors (Lipinski definition) is 3. The zero-order chi connectivity index (χ0) is 14.4. The van der Waals surface area contributed by atoms with E-state index in [0.717, 1.165) is 10.9 Å². The zero-order valence-electron chi connectivity index (χ0n) is 11.1. The van der Waals surface area contributed by atoms with E-state index in [9.17, 15) is 4.79 Å². The third kappa shape index (κ3) is 3.32. The molecule has 0 aliphatic heterocycles. The van der Waals surface area contributed by atoms with Gasteiger partial charge in [0.1, 0.15) is 0 Å². The summed E-state index contributed by atoms with van der Waals surface area (Å²) in [6, 6.07) is 7.16. The molecular formula is C14H15N5O. The van der Waals surface area contributed by atoms with Crippen LogP contribution in [0.3, 0.4) is 0 Å². The van der Waals surface area contributed by atoms with Crippen LogP contribution in [0.2, 0.25) is 0 Å². The summed E-state index contributed by atoms with van der Waals surface area (Å²) in [5.41, 5.74) is 1.64. The molecule has 2 aromatic rings. The van der Waals surface area contributed by atoms with Crippen LogP contribution in [0, 0.1) is 0 Å². The van der Waals surface area contributed by atoms with Crippen molar-refractivity contribution in [3.63, 3.8) is 0 Å².